The maximum Gasteiger partial charge on any atom is 0.344 e. The molecule has 1 atom stereocenters. The number of esters is 2. The summed E-state index contributed by atoms with van der Waals surface area (Å²) in [6, 6.07) is 9.63. The van der Waals surface area contributed by atoms with E-state index in [2.05, 4.69) is 21.2 Å². The Bertz CT molecular complexity index is 460. The molecular weight excluding hydrogens is 330 g/mol. The molecule has 1 aromatic carbocycles. The minimum absolute atomic E-state index is 0.0187. The first-order valence-corrected chi connectivity index (χ1v) is 7.90. The third-order valence-corrected chi connectivity index (χ3v) is 4.63. The molecule has 19 heavy (non-hydrogen) atoms. The second kappa shape index (κ2) is 6.54. The van der Waals surface area contributed by atoms with E-state index < -0.39 is 16.8 Å². The number of alkyl halides is 1. The number of ether oxygens (including phenoxy) is 1. The summed E-state index contributed by atoms with van der Waals surface area (Å²) in [7, 11) is 0. The number of thioether (sulfide) groups is 1. The quantitative estimate of drug-likeness (QED) is 0.516. The summed E-state index contributed by atoms with van der Waals surface area (Å²) in [5.41, 5.74) is 0. The summed E-state index contributed by atoms with van der Waals surface area (Å²) >= 11 is 4.39. The molecule has 2 rings (SSSR count). The van der Waals surface area contributed by atoms with Gasteiger partial charge in [-0.15, -0.1) is 0 Å². The molecule has 102 valence electrons. The molecule has 4 nitrogen and oxygen atoms in total. The van der Waals surface area contributed by atoms with Crippen molar-refractivity contribution >= 4 is 39.6 Å². The number of hydrogen-bond acceptors (Lipinski definition) is 5. The Morgan fingerprint density at radius 2 is 2.11 bits per heavy atom. The molecule has 0 radical (unpaired) electrons. The van der Waals surface area contributed by atoms with E-state index in [1.807, 2.05) is 30.3 Å². The van der Waals surface area contributed by atoms with Crippen LogP contribution in [0.1, 0.15) is 12.8 Å². The Hall–Kier alpha value is -0.850. The van der Waals surface area contributed by atoms with Crippen LogP contribution in [0.3, 0.4) is 0 Å². The lowest BCUT2D eigenvalue weighted by atomic mass is 10.2. The number of halogens is 1. The fourth-order valence-corrected chi connectivity index (χ4v) is 3.28. The molecule has 1 N–H and O–H groups in total. The number of nitrogens with one attached hydrogen (secondary N) is 1. The van der Waals surface area contributed by atoms with Crippen molar-refractivity contribution in [3.63, 3.8) is 0 Å². The Morgan fingerprint density at radius 3 is 2.68 bits per heavy atom. The lowest BCUT2D eigenvalue weighted by Crippen LogP contribution is -2.46. The van der Waals surface area contributed by atoms with E-state index in [4.69, 9.17) is 4.74 Å². The molecule has 1 aliphatic rings. The van der Waals surface area contributed by atoms with E-state index in [1.165, 1.54) is 11.8 Å². The maximum atomic E-state index is 12.2. The van der Waals surface area contributed by atoms with Crippen molar-refractivity contribution in [1.29, 1.82) is 0 Å². The van der Waals surface area contributed by atoms with Gasteiger partial charge in [0, 0.05) is 4.90 Å². The molecular formula is C13H14BrNO3S. The van der Waals surface area contributed by atoms with Crippen LogP contribution in [-0.2, 0) is 14.3 Å². The second-order valence-corrected chi connectivity index (χ2v) is 6.10. The standard InChI is InChI=1S/C13H14BrNO3S/c14-9-11(16)18-12(17)13(7-4-8-15-13)19-10-5-2-1-3-6-10/h1-3,5-6,15H,4,7-9H2/t13-/m0/s1. The highest BCUT2D eigenvalue weighted by Crippen LogP contribution is 2.38. The van der Waals surface area contributed by atoms with Crippen molar-refractivity contribution in [3.8, 4) is 0 Å². The molecule has 0 spiro atoms. The third-order valence-electron chi connectivity index (χ3n) is 2.80. The summed E-state index contributed by atoms with van der Waals surface area (Å²) in [5, 5.41) is 3.19. The predicted molar refractivity (Wildman–Crippen MR) is 77.2 cm³/mol. The fourth-order valence-electron chi connectivity index (χ4n) is 1.92. The predicted octanol–water partition coefficient (Wildman–Crippen LogP) is 2.32. The normalized spacial score (nSPS) is 22.2. The van der Waals surface area contributed by atoms with Crippen molar-refractivity contribution in [2.75, 3.05) is 11.9 Å². The molecule has 0 aliphatic carbocycles. The molecule has 0 amide bonds. The average molecular weight is 344 g/mol. The van der Waals surface area contributed by atoms with E-state index >= 15 is 0 Å². The van der Waals surface area contributed by atoms with E-state index in [9.17, 15) is 9.59 Å². The van der Waals surface area contributed by atoms with Gasteiger partial charge < -0.3 is 4.74 Å². The second-order valence-electron chi connectivity index (χ2n) is 4.17. The van der Waals surface area contributed by atoms with Gasteiger partial charge in [-0.1, -0.05) is 45.9 Å². The number of benzene rings is 1. The summed E-state index contributed by atoms with van der Waals surface area (Å²) in [6.45, 7) is 0.747. The minimum Gasteiger partial charge on any atom is -0.390 e. The third kappa shape index (κ3) is 3.58. The summed E-state index contributed by atoms with van der Waals surface area (Å²) in [6.07, 6.45) is 1.54. The molecule has 0 saturated carbocycles. The van der Waals surface area contributed by atoms with Crippen molar-refractivity contribution < 1.29 is 14.3 Å². The first-order valence-electron chi connectivity index (χ1n) is 5.96. The zero-order chi connectivity index (χ0) is 13.7. The molecule has 1 fully saturated rings. The average Bonchev–Trinajstić information content (AvgIpc) is 2.89. The van der Waals surface area contributed by atoms with Crippen LogP contribution in [0.2, 0.25) is 0 Å². The van der Waals surface area contributed by atoms with Crippen LogP contribution in [0.5, 0.6) is 0 Å². The van der Waals surface area contributed by atoms with Crippen LogP contribution in [0.4, 0.5) is 0 Å². The highest BCUT2D eigenvalue weighted by Gasteiger charge is 2.44. The van der Waals surface area contributed by atoms with Gasteiger partial charge in [-0.25, -0.2) is 4.79 Å². The zero-order valence-electron chi connectivity index (χ0n) is 10.2. The van der Waals surface area contributed by atoms with E-state index in [-0.39, 0.29) is 5.33 Å². The summed E-state index contributed by atoms with van der Waals surface area (Å²) in [5.74, 6) is -1.07. The first-order chi connectivity index (χ1) is 9.16. The van der Waals surface area contributed by atoms with Gasteiger partial charge in [0.2, 0.25) is 0 Å². The lowest BCUT2D eigenvalue weighted by molar-refractivity contribution is -0.159. The molecule has 0 bridgehead atoms. The fraction of sp³-hybridized carbons (Fsp3) is 0.385. The molecule has 1 aromatic rings. The van der Waals surface area contributed by atoms with E-state index in [1.54, 1.807) is 0 Å². The number of hydrogen-bond donors (Lipinski definition) is 1. The Kier molecular flexibility index (Phi) is 5.01. The van der Waals surface area contributed by atoms with Gasteiger partial charge in [0.1, 0.15) is 5.33 Å². The zero-order valence-corrected chi connectivity index (χ0v) is 12.6. The van der Waals surface area contributed by atoms with Crippen molar-refractivity contribution in [2.24, 2.45) is 0 Å². The number of rotatable bonds is 4. The molecule has 1 heterocycles. The van der Waals surface area contributed by atoms with Gasteiger partial charge in [-0.3, -0.25) is 10.1 Å². The smallest absolute Gasteiger partial charge is 0.344 e. The van der Waals surface area contributed by atoms with E-state index in [0.717, 1.165) is 17.9 Å². The molecule has 1 aliphatic heterocycles. The Labute approximate surface area is 124 Å². The highest BCUT2D eigenvalue weighted by molar-refractivity contribution is 9.09. The van der Waals surface area contributed by atoms with Gasteiger partial charge >= 0.3 is 11.9 Å². The topological polar surface area (TPSA) is 55.4 Å². The summed E-state index contributed by atoms with van der Waals surface area (Å²) in [4.78, 5) is 23.6. The SMILES string of the molecule is O=C(CBr)OC(=O)[C@@]1(Sc2ccccc2)CCCN1. The monoisotopic (exact) mass is 343 g/mol. The minimum atomic E-state index is -0.848. The van der Waals surface area contributed by atoms with Gasteiger partial charge in [-0.2, -0.15) is 0 Å². The molecule has 1 saturated heterocycles. The Balaban J connectivity index is 2.14. The molecule has 0 unspecified atom stereocenters. The number of carbonyl (C=O) groups excluding carboxylic acids is 2. The first kappa shape index (κ1) is 14.6. The lowest BCUT2D eigenvalue weighted by Gasteiger charge is -2.25. The largest absolute Gasteiger partial charge is 0.390 e. The van der Waals surface area contributed by atoms with Crippen molar-refractivity contribution in [1.82, 2.24) is 5.32 Å². The van der Waals surface area contributed by atoms with Gasteiger partial charge in [0.15, 0.2) is 4.87 Å². The molecule has 0 aromatic heterocycles. The van der Waals surface area contributed by atoms with Gasteiger partial charge in [0.25, 0.3) is 0 Å². The maximum absolute atomic E-state index is 12.2. The van der Waals surface area contributed by atoms with Crippen LogP contribution < -0.4 is 5.32 Å². The van der Waals surface area contributed by atoms with Crippen molar-refractivity contribution in [2.45, 2.75) is 22.6 Å². The molecule has 6 heteroatoms. The van der Waals surface area contributed by atoms with Gasteiger partial charge in [-0.05, 0) is 31.5 Å². The van der Waals surface area contributed by atoms with Crippen LogP contribution in [0.25, 0.3) is 0 Å². The Morgan fingerprint density at radius 1 is 1.37 bits per heavy atom. The number of carbonyl (C=O) groups is 2. The van der Waals surface area contributed by atoms with Crippen LogP contribution >= 0.6 is 27.7 Å². The highest BCUT2D eigenvalue weighted by atomic mass is 79.9. The van der Waals surface area contributed by atoms with Crippen LogP contribution in [-0.4, -0.2) is 28.7 Å². The van der Waals surface area contributed by atoms with Crippen LogP contribution in [0.15, 0.2) is 35.2 Å². The van der Waals surface area contributed by atoms with E-state index in [0.29, 0.717) is 6.42 Å². The van der Waals surface area contributed by atoms with Gasteiger partial charge in [0.05, 0.1) is 0 Å². The van der Waals surface area contributed by atoms with Crippen molar-refractivity contribution in [3.05, 3.63) is 30.3 Å². The summed E-state index contributed by atoms with van der Waals surface area (Å²) < 4.78 is 4.85. The van der Waals surface area contributed by atoms with Crippen LogP contribution in [0, 0.1) is 0 Å².